The van der Waals surface area contributed by atoms with Crippen molar-refractivity contribution < 1.29 is 0 Å². The van der Waals surface area contributed by atoms with Gasteiger partial charge in [-0.3, -0.25) is 0 Å². The van der Waals surface area contributed by atoms with Gasteiger partial charge in [0.15, 0.2) is 0 Å². The summed E-state index contributed by atoms with van der Waals surface area (Å²) in [6.45, 7) is 4.44. The van der Waals surface area contributed by atoms with E-state index < -0.39 is 0 Å². The van der Waals surface area contributed by atoms with E-state index in [0.29, 0.717) is 0 Å². The zero-order valence-electron chi connectivity index (χ0n) is 11.4. The molecule has 2 aromatic carbocycles. The van der Waals surface area contributed by atoms with Gasteiger partial charge in [0, 0.05) is 4.90 Å². The third-order valence-corrected chi connectivity index (χ3v) is 3.94. The van der Waals surface area contributed by atoms with Crippen molar-refractivity contribution in [2.75, 3.05) is 6.26 Å². The Kier molecular flexibility index (Phi) is 4.48. The van der Waals surface area contributed by atoms with Gasteiger partial charge in [0.05, 0.1) is 0 Å². The van der Waals surface area contributed by atoms with Crippen LogP contribution in [0, 0.1) is 6.92 Å². The summed E-state index contributed by atoms with van der Waals surface area (Å²) in [5, 5.41) is 0. The van der Waals surface area contributed by atoms with Crippen LogP contribution in [0.25, 0.3) is 11.1 Å². The summed E-state index contributed by atoms with van der Waals surface area (Å²) in [4.78, 5) is 1.32. The van der Waals surface area contributed by atoms with E-state index in [1.165, 1.54) is 40.0 Å². The highest BCUT2D eigenvalue weighted by molar-refractivity contribution is 7.98. The van der Waals surface area contributed by atoms with E-state index in [1.54, 1.807) is 11.8 Å². The third kappa shape index (κ3) is 2.97. The highest BCUT2D eigenvalue weighted by Gasteiger charge is 2.03. The molecule has 2 rings (SSSR count). The van der Waals surface area contributed by atoms with E-state index in [2.05, 4.69) is 62.6 Å². The number of hydrogen-bond donors (Lipinski definition) is 0. The maximum Gasteiger partial charge on any atom is 0.00752 e. The molecule has 0 aromatic heterocycles. The number of aryl methyl sites for hydroxylation is 2. The van der Waals surface area contributed by atoms with Crippen LogP contribution >= 0.6 is 11.8 Å². The molecule has 0 atom stereocenters. The fraction of sp³-hybridized carbons (Fsp3) is 0.294. The minimum atomic E-state index is 1.17. The van der Waals surface area contributed by atoms with Crippen LogP contribution in [0.3, 0.4) is 0 Å². The van der Waals surface area contributed by atoms with Gasteiger partial charge >= 0.3 is 0 Å². The Balaban J connectivity index is 2.38. The summed E-state index contributed by atoms with van der Waals surface area (Å²) < 4.78 is 0. The fourth-order valence-electron chi connectivity index (χ4n) is 2.28. The lowest BCUT2D eigenvalue weighted by molar-refractivity contribution is 0.920. The topological polar surface area (TPSA) is 0 Å². The van der Waals surface area contributed by atoms with E-state index in [1.807, 2.05) is 0 Å². The van der Waals surface area contributed by atoms with Crippen LogP contribution in [-0.4, -0.2) is 6.26 Å². The summed E-state index contributed by atoms with van der Waals surface area (Å²) in [5.74, 6) is 0. The maximum atomic E-state index is 2.32. The van der Waals surface area contributed by atoms with Crippen LogP contribution in [0.15, 0.2) is 47.4 Å². The van der Waals surface area contributed by atoms with Crippen molar-refractivity contribution in [1.82, 2.24) is 0 Å². The molecule has 94 valence electrons. The number of rotatable bonds is 4. The zero-order chi connectivity index (χ0) is 13.0. The van der Waals surface area contributed by atoms with Gasteiger partial charge in [-0.2, -0.15) is 0 Å². The van der Waals surface area contributed by atoms with Crippen molar-refractivity contribution in [3.8, 4) is 11.1 Å². The minimum absolute atomic E-state index is 1.17. The Bertz CT molecular complexity index is 529. The molecule has 0 bridgehead atoms. The third-order valence-electron chi connectivity index (χ3n) is 3.21. The largest absolute Gasteiger partial charge is 0.130 e. The molecule has 1 heteroatoms. The Hall–Kier alpha value is -1.21. The van der Waals surface area contributed by atoms with Crippen molar-refractivity contribution in [3.05, 3.63) is 53.6 Å². The SMILES string of the molecule is CCCc1ccc(-c2cccc(SC)c2)c(C)c1. The van der Waals surface area contributed by atoms with Gasteiger partial charge in [-0.25, -0.2) is 0 Å². The molecule has 0 aliphatic heterocycles. The molecule has 0 saturated heterocycles. The first kappa shape index (κ1) is 13.2. The van der Waals surface area contributed by atoms with Crippen LogP contribution in [0.4, 0.5) is 0 Å². The highest BCUT2D eigenvalue weighted by atomic mass is 32.2. The molecular weight excluding hydrogens is 236 g/mol. The number of benzene rings is 2. The maximum absolute atomic E-state index is 2.32. The van der Waals surface area contributed by atoms with Crippen LogP contribution < -0.4 is 0 Å². The molecule has 0 nitrogen and oxygen atoms in total. The van der Waals surface area contributed by atoms with E-state index in [9.17, 15) is 0 Å². The smallest absolute Gasteiger partial charge is 0.00752 e. The Morgan fingerprint density at radius 2 is 1.89 bits per heavy atom. The van der Waals surface area contributed by atoms with Gasteiger partial charge < -0.3 is 0 Å². The molecule has 2 aromatic rings. The fourth-order valence-corrected chi connectivity index (χ4v) is 2.74. The zero-order valence-corrected chi connectivity index (χ0v) is 12.2. The van der Waals surface area contributed by atoms with E-state index in [4.69, 9.17) is 0 Å². The molecule has 0 unspecified atom stereocenters. The molecule has 18 heavy (non-hydrogen) atoms. The molecule has 0 aliphatic rings. The van der Waals surface area contributed by atoms with Crippen molar-refractivity contribution >= 4 is 11.8 Å². The highest BCUT2D eigenvalue weighted by Crippen LogP contribution is 2.27. The van der Waals surface area contributed by atoms with Gasteiger partial charge in [-0.15, -0.1) is 11.8 Å². The molecule has 0 saturated carbocycles. The number of thioether (sulfide) groups is 1. The van der Waals surface area contributed by atoms with E-state index >= 15 is 0 Å². The second-order valence-corrected chi connectivity index (χ2v) is 5.51. The number of hydrogen-bond acceptors (Lipinski definition) is 1. The van der Waals surface area contributed by atoms with Crippen LogP contribution in [0.2, 0.25) is 0 Å². The van der Waals surface area contributed by atoms with E-state index in [-0.39, 0.29) is 0 Å². The average molecular weight is 256 g/mol. The summed E-state index contributed by atoms with van der Waals surface area (Å²) >= 11 is 1.79. The van der Waals surface area contributed by atoms with Gasteiger partial charge in [-0.1, -0.05) is 43.7 Å². The van der Waals surface area contributed by atoms with Crippen LogP contribution in [-0.2, 0) is 6.42 Å². The van der Waals surface area contributed by atoms with Gasteiger partial charge in [0.1, 0.15) is 0 Å². The first-order valence-electron chi connectivity index (χ1n) is 6.48. The first-order valence-corrected chi connectivity index (χ1v) is 7.71. The van der Waals surface area contributed by atoms with Crippen molar-refractivity contribution in [2.45, 2.75) is 31.6 Å². The predicted octanol–water partition coefficient (Wildman–Crippen LogP) is 5.34. The van der Waals surface area contributed by atoms with Gasteiger partial charge in [-0.05, 0) is 54.0 Å². The lowest BCUT2D eigenvalue weighted by atomic mass is 9.97. The molecule has 0 heterocycles. The van der Waals surface area contributed by atoms with Crippen molar-refractivity contribution in [2.24, 2.45) is 0 Å². The molecule has 0 amide bonds. The Morgan fingerprint density at radius 3 is 2.56 bits per heavy atom. The van der Waals surface area contributed by atoms with Crippen LogP contribution in [0.1, 0.15) is 24.5 Å². The van der Waals surface area contributed by atoms with Crippen molar-refractivity contribution in [1.29, 1.82) is 0 Å². The monoisotopic (exact) mass is 256 g/mol. The quantitative estimate of drug-likeness (QED) is 0.666. The first-order chi connectivity index (χ1) is 8.74. The van der Waals surface area contributed by atoms with Crippen molar-refractivity contribution in [3.63, 3.8) is 0 Å². The average Bonchev–Trinajstić information content (AvgIpc) is 2.39. The van der Waals surface area contributed by atoms with Crippen LogP contribution in [0.5, 0.6) is 0 Å². The lowest BCUT2D eigenvalue weighted by Gasteiger charge is -2.09. The molecule has 0 N–H and O–H groups in total. The lowest BCUT2D eigenvalue weighted by Crippen LogP contribution is -1.88. The molecule has 0 fully saturated rings. The second kappa shape index (κ2) is 6.10. The second-order valence-electron chi connectivity index (χ2n) is 4.63. The summed E-state index contributed by atoms with van der Waals surface area (Å²) in [5.41, 5.74) is 5.49. The predicted molar refractivity (Wildman–Crippen MR) is 82.4 cm³/mol. The normalized spacial score (nSPS) is 10.6. The van der Waals surface area contributed by atoms with E-state index in [0.717, 1.165) is 0 Å². The molecule has 0 aliphatic carbocycles. The summed E-state index contributed by atoms with van der Waals surface area (Å²) in [6, 6.07) is 15.6. The summed E-state index contributed by atoms with van der Waals surface area (Å²) in [7, 11) is 0. The van der Waals surface area contributed by atoms with Gasteiger partial charge in [0.2, 0.25) is 0 Å². The molecular formula is C17H20S. The van der Waals surface area contributed by atoms with Gasteiger partial charge in [0.25, 0.3) is 0 Å². The Labute approximate surface area is 114 Å². The standard InChI is InChI=1S/C17H20S/c1-4-6-14-9-10-17(13(2)11-14)15-7-5-8-16(12-15)18-3/h5,7-12H,4,6H2,1-3H3. The summed E-state index contributed by atoms with van der Waals surface area (Å²) in [6.07, 6.45) is 4.50. The molecule has 0 radical (unpaired) electrons. The minimum Gasteiger partial charge on any atom is -0.130 e. The molecule has 0 spiro atoms. The Morgan fingerprint density at radius 1 is 1.06 bits per heavy atom.